The Morgan fingerprint density at radius 2 is 1.51 bits per heavy atom. The molecule has 10 heteroatoms. The normalized spacial score (nSPS) is 16.6. The Labute approximate surface area is 204 Å². The Kier molecular flexibility index (Phi) is 6.31. The SMILES string of the molecule is O=C(c1cccc(S(=O)(=O)N2CCc3ccccc3C2)c1)N1CCN(C(=O)c2cnccn2)CC1. The van der Waals surface area contributed by atoms with Gasteiger partial charge in [-0.25, -0.2) is 13.4 Å². The fraction of sp³-hybridized carbons (Fsp3) is 0.280. The van der Waals surface area contributed by atoms with Crippen molar-refractivity contribution in [1.82, 2.24) is 24.1 Å². The topological polar surface area (TPSA) is 104 Å². The van der Waals surface area contributed by atoms with Crippen molar-refractivity contribution in [2.24, 2.45) is 0 Å². The number of hydrogen-bond acceptors (Lipinski definition) is 6. The maximum atomic E-state index is 13.3. The van der Waals surface area contributed by atoms with Gasteiger partial charge in [0.2, 0.25) is 10.0 Å². The largest absolute Gasteiger partial charge is 0.335 e. The van der Waals surface area contributed by atoms with Crippen molar-refractivity contribution in [3.63, 3.8) is 0 Å². The summed E-state index contributed by atoms with van der Waals surface area (Å²) < 4.78 is 28.2. The predicted molar refractivity (Wildman–Crippen MR) is 128 cm³/mol. The summed E-state index contributed by atoms with van der Waals surface area (Å²) in [5.74, 6) is -0.473. The van der Waals surface area contributed by atoms with E-state index in [0.717, 1.165) is 5.56 Å². The van der Waals surface area contributed by atoms with Crippen LogP contribution in [0, 0.1) is 0 Å². The lowest BCUT2D eigenvalue weighted by atomic mass is 10.0. The van der Waals surface area contributed by atoms with E-state index in [9.17, 15) is 18.0 Å². The molecule has 1 saturated heterocycles. The van der Waals surface area contributed by atoms with Gasteiger partial charge in [-0.1, -0.05) is 30.3 Å². The van der Waals surface area contributed by atoms with Crippen LogP contribution in [-0.4, -0.2) is 77.0 Å². The van der Waals surface area contributed by atoms with Crippen LogP contribution in [0.25, 0.3) is 0 Å². The molecule has 5 rings (SSSR count). The van der Waals surface area contributed by atoms with Gasteiger partial charge in [-0.2, -0.15) is 4.31 Å². The van der Waals surface area contributed by atoms with Crippen LogP contribution in [0.5, 0.6) is 0 Å². The zero-order valence-corrected chi connectivity index (χ0v) is 19.9. The molecule has 0 aliphatic carbocycles. The van der Waals surface area contributed by atoms with Gasteiger partial charge in [0.1, 0.15) is 5.69 Å². The van der Waals surface area contributed by atoms with Gasteiger partial charge in [0, 0.05) is 57.2 Å². The van der Waals surface area contributed by atoms with E-state index in [1.807, 2.05) is 24.3 Å². The molecule has 0 saturated carbocycles. The smallest absolute Gasteiger partial charge is 0.274 e. The van der Waals surface area contributed by atoms with Crippen molar-refractivity contribution in [3.8, 4) is 0 Å². The average molecular weight is 492 g/mol. The highest BCUT2D eigenvalue weighted by Crippen LogP contribution is 2.25. The first-order chi connectivity index (χ1) is 16.9. The predicted octanol–water partition coefficient (Wildman–Crippen LogP) is 1.82. The summed E-state index contributed by atoms with van der Waals surface area (Å²) in [6.45, 7) is 2.16. The number of aromatic nitrogens is 2. The number of piperazine rings is 1. The monoisotopic (exact) mass is 491 g/mol. The van der Waals surface area contributed by atoms with E-state index in [-0.39, 0.29) is 22.4 Å². The number of benzene rings is 2. The fourth-order valence-electron chi connectivity index (χ4n) is 4.48. The highest BCUT2D eigenvalue weighted by atomic mass is 32.2. The lowest BCUT2D eigenvalue weighted by Gasteiger charge is -2.34. The quantitative estimate of drug-likeness (QED) is 0.552. The number of rotatable bonds is 4. The number of nitrogens with zero attached hydrogens (tertiary/aromatic N) is 5. The van der Waals surface area contributed by atoms with Gasteiger partial charge in [0.15, 0.2) is 0 Å². The molecule has 3 aromatic rings. The van der Waals surface area contributed by atoms with Gasteiger partial charge in [-0.15, -0.1) is 0 Å². The van der Waals surface area contributed by atoms with Crippen molar-refractivity contribution in [2.75, 3.05) is 32.7 Å². The van der Waals surface area contributed by atoms with Gasteiger partial charge in [-0.3, -0.25) is 14.6 Å². The van der Waals surface area contributed by atoms with Crippen molar-refractivity contribution < 1.29 is 18.0 Å². The third-order valence-corrected chi connectivity index (χ3v) is 8.29. The number of sulfonamides is 1. The molecule has 0 bridgehead atoms. The Balaban J connectivity index is 1.27. The van der Waals surface area contributed by atoms with E-state index in [4.69, 9.17) is 0 Å². The van der Waals surface area contributed by atoms with Crippen LogP contribution in [0.15, 0.2) is 72.0 Å². The standard InChI is InChI=1S/C25H25N5O4S/c31-24(28-12-14-29(15-13-28)25(32)23-17-26-9-10-27-23)20-6-3-7-22(16-20)35(33,34)30-11-8-19-4-1-2-5-21(19)18-30/h1-7,9-10,16-17H,8,11-15,18H2. The molecule has 0 N–H and O–H groups in total. The van der Waals surface area contributed by atoms with Gasteiger partial charge in [0.05, 0.1) is 11.1 Å². The van der Waals surface area contributed by atoms with Crippen LogP contribution in [0.2, 0.25) is 0 Å². The summed E-state index contributed by atoms with van der Waals surface area (Å²) in [6.07, 6.45) is 5.06. The first-order valence-corrected chi connectivity index (χ1v) is 12.9. The maximum Gasteiger partial charge on any atom is 0.274 e. The van der Waals surface area contributed by atoms with Crippen LogP contribution in [0.3, 0.4) is 0 Å². The lowest BCUT2D eigenvalue weighted by molar-refractivity contribution is 0.0532. The molecule has 180 valence electrons. The molecule has 0 unspecified atom stereocenters. The van der Waals surface area contributed by atoms with E-state index in [2.05, 4.69) is 9.97 Å². The Hall–Kier alpha value is -3.63. The van der Waals surface area contributed by atoms with E-state index in [0.29, 0.717) is 51.3 Å². The Bertz CT molecular complexity index is 1360. The first-order valence-electron chi connectivity index (χ1n) is 11.4. The highest BCUT2D eigenvalue weighted by Gasteiger charge is 2.30. The van der Waals surface area contributed by atoms with Gasteiger partial charge in [0.25, 0.3) is 11.8 Å². The van der Waals surface area contributed by atoms with E-state index < -0.39 is 10.0 Å². The van der Waals surface area contributed by atoms with Crippen LogP contribution >= 0.6 is 0 Å². The molecule has 35 heavy (non-hydrogen) atoms. The molecule has 2 aliphatic rings. The maximum absolute atomic E-state index is 13.3. The third kappa shape index (κ3) is 4.67. The lowest BCUT2D eigenvalue weighted by Crippen LogP contribution is -2.50. The number of hydrogen-bond donors (Lipinski definition) is 0. The van der Waals surface area contributed by atoms with Crippen molar-refractivity contribution in [1.29, 1.82) is 0 Å². The van der Waals surface area contributed by atoms with Gasteiger partial charge in [-0.05, 0) is 35.7 Å². The summed E-state index contributed by atoms with van der Waals surface area (Å²) in [7, 11) is -3.75. The molecule has 3 heterocycles. The molecule has 0 atom stereocenters. The number of carbonyl (C=O) groups excluding carboxylic acids is 2. The molecular formula is C25H25N5O4S. The van der Waals surface area contributed by atoms with Gasteiger partial charge < -0.3 is 9.80 Å². The molecule has 0 radical (unpaired) electrons. The second kappa shape index (κ2) is 9.55. The van der Waals surface area contributed by atoms with Gasteiger partial charge >= 0.3 is 0 Å². The summed E-state index contributed by atoms with van der Waals surface area (Å²) >= 11 is 0. The van der Waals surface area contributed by atoms with Crippen molar-refractivity contribution in [3.05, 3.63) is 89.5 Å². The Morgan fingerprint density at radius 3 is 2.23 bits per heavy atom. The highest BCUT2D eigenvalue weighted by molar-refractivity contribution is 7.89. The first kappa shape index (κ1) is 23.1. The average Bonchev–Trinajstić information content (AvgIpc) is 2.92. The summed E-state index contributed by atoms with van der Waals surface area (Å²) in [6, 6.07) is 14.1. The molecule has 1 aromatic heterocycles. The molecule has 2 aromatic carbocycles. The molecule has 1 fully saturated rings. The minimum absolute atomic E-state index is 0.110. The van der Waals surface area contributed by atoms with E-state index in [1.54, 1.807) is 21.9 Å². The van der Waals surface area contributed by atoms with Crippen LogP contribution in [0.4, 0.5) is 0 Å². The molecule has 0 spiro atoms. The van der Waals surface area contributed by atoms with Crippen molar-refractivity contribution >= 4 is 21.8 Å². The number of fused-ring (bicyclic) bond motifs is 1. The molecule has 2 aliphatic heterocycles. The second-order valence-corrected chi connectivity index (χ2v) is 10.5. The van der Waals surface area contributed by atoms with E-state index >= 15 is 0 Å². The zero-order chi connectivity index (χ0) is 24.4. The summed E-state index contributed by atoms with van der Waals surface area (Å²) in [5.41, 5.74) is 2.76. The Morgan fingerprint density at radius 1 is 0.800 bits per heavy atom. The van der Waals surface area contributed by atoms with Crippen LogP contribution in [-0.2, 0) is 23.0 Å². The summed E-state index contributed by atoms with van der Waals surface area (Å²) in [4.78, 5) is 37.1. The molecular weight excluding hydrogens is 466 g/mol. The number of amides is 2. The zero-order valence-electron chi connectivity index (χ0n) is 19.1. The minimum Gasteiger partial charge on any atom is -0.335 e. The van der Waals surface area contributed by atoms with E-state index in [1.165, 1.54) is 40.6 Å². The third-order valence-electron chi connectivity index (χ3n) is 6.45. The second-order valence-electron chi connectivity index (χ2n) is 8.56. The molecule has 9 nitrogen and oxygen atoms in total. The minimum atomic E-state index is -3.75. The number of carbonyl (C=O) groups is 2. The fourth-order valence-corrected chi connectivity index (χ4v) is 5.95. The van der Waals surface area contributed by atoms with Crippen LogP contribution in [0.1, 0.15) is 32.0 Å². The van der Waals surface area contributed by atoms with Crippen LogP contribution < -0.4 is 0 Å². The molecule has 2 amide bonds. The summed E-state index contributed by atoms with van der Waals surface area (Å²) in [5, 5.41) is 0. The van der Waals surface area contributed by atoms with Crippen molar-refractivity contribution in [2.45, 2.75) is 17.9 Å².